The molecule has 0 unspecified atom stereocenters. The molecule has 0 bridgehead atoms. The monoisotopic (exact) mass is 402 g/mol. The quantitative estimate of drug-likeness (QED) is 0.533. The van der Waals surface area contributed by atoms with Crippen LogP contribution in [0.25, 0.3) is 11.6 Å². The second-order valence-electron chi connectivity index (χ2n) is 6.65. The Balaban J connectivity index is 1.91. The van der Waals surface area contributed by atoms with E-state index >= 15 is 0 Å². The van der Waals surface area contributed by atoms with Crippen LogP contribution in [0.3, 0.4) is 0 Å². The molecule has 1 aromatic heterocycles. The van der Waals surface area contributed by atoms with Gasteiger partial charge in [-0.25, -0.2) is 4.79 Å². The molecule has 28 heavy (non-hydrogen) atoms. The average Bonchev–Trinajstić information content (AvgIpc) is 3.17. The number of fused-ring (bicyclic) bond motifs is 3. The molecule has 1 aromatic carbocycles. The Hall–Kier alpha value is -2.91. The van der Waals surface area contributed by atoms with Crippen molar-refractivity contribution in [3.8, 4) is 0 Å². The number of anilines is 1. The van der Waals surface area contributed by atoms with Crippen molar-refractivity contribution < 1.29 is 27.3 Å². The molecule has 0 fully saturated rings. The van der Waals surface area contributed by atoms with Crippen LogP contribution in [-0.2, 0) is 31.9 Å². The lowest BCUT2D eigenvalue weighted by molar-refractivity contribution is -0.110. The number of hydrogen-bond donors (Lipinski definition) is 3. The number of carboxylic acid groups (broad SMARTS) is 1. The van der Waals surface area contributed by atoms with Crippen molar-refractivity contribution in [3.63, 3.8) is 0 Å². The number of rotatable bonds is 4. The predicted octanol–water partition coefficient (Wildman–Crippen LogP) is 2.42. The van der Waals surface area contributed by atoms with Gasteiger partial charge in [0.25, 0.3) is 16.0 Å². The summed E-state index contributed by atoms with van der Waals surface area (Å²) >= 11 is 0. The number of aromatic nitrogens is 1. The molecule has 3 heterocycles. The smallest absolute Gasteiger partial charge is 0.337 e. The number of aromatic amines is 1. The van der Waals surface area contributed by atoms with Crippen LogP contribution in [0.4, 0.5) is 5.69 Å². The largest absolute Gasteiger partial charge is 0.478 e. The summed E-state index contributed by atoms with van der Waals surface area (Å²) in [6.07, 6.45) is 4.64. The molecule has 2 aromatic rings. The van der Waals surface area contributed by atoms with Crippen LogP contribution < -0.4 is 5.32 Å². The maximum Gasteiger partial charge on any atom is 0.337 e. The van der Waals surface area contributed by atoms with Crippen LogP contribution in [0.15, 0.2) is 23.2 Å². The fourth-order valence-electron chi connectivity index (χ4n) is 3.73. The molecule has 9 heteroatoms. The van der Waals surface area contributed by atoms with Gasteiger partial charge in [-0.15, -0.1) is 0 Å². The van der Waals surface area contributed by atoms with E-state index in [1.165, 1.54) is 12.3 Å². The van der Waals surface area contributed by atoms with Crippen molar-refractivity contribution in [3.05, 3.63) is 46.3 Å². The normalized spacial score (nSPS) is 18.6. The van der Waals surface area contributed by atoms with Crippen LogP contribution in [0.2, 0.25) is 0 Å². The molecule has 0 radical (unpaired) electrons. The predicted molar refractivity (Wildman–Crippen MR) is 102 cm³/mol. The minimum atomic E-state index is -3.85. The lowest BCUT2D eigenvalue weighted by Gasteiger charge is -2.19. The molecule has 0 atom stereocenters. The van der Waals surface area contributed by atoms with Crippen LogP contribution >= 0.6 is 0 Å². The Kier molecular flexibility index (Phi) is 4.35. The second kappa shape index (κ2) is 6.61. The van der Waals surface area contributed by atoms with Gasteiger partial charge in [-0.05, 0) is 42.2 Å². The van der Waals surface area contributed by atoms with E-state index < -0.39 is 16.1 Å². The zero-order valence-corrected chi connectivity index (χ0v) is 15.9. The number of carboxylic acids is 1. The van der Waals surface area contributed by atoms with Gasteiger partial charge >= 0.3 is 5.97 Å². The van der Waals surface area contributed by atoms with E-state index in [4.69, 9.17) is 4.18 Å². The van der Waals surface area contributed by atoms with Crippen molar-refractivity contribution in [1.29, 1.82) is 0 Å². The molecule has 2 aliphatic heterocycles. The first kappa shape index (κ1) is 18.5. The third kappa shape index (κ3) is 2.83. The maximum atomic E-state index is 12.6. The molecule has 2 aliphatic rings. The van der Waals surface area contributed by atoms with Gasteiger partial charge in [-0.3, -0.25) is 8.98 Å². The van der Waals surface area contributed by atoms with Crippen molar-refractivity contribution in [2.45, 2.75) is 31.1 Å². The maximum absolute atomic E-state index is 12.6. The first-order valence-electron chi connectivity index (χ1n) is 8.85. The van der Waals surface area contributed by atoms with Crippen molar-refractivity contribution in [2.24, 2.45) is 0 Å². The van der Waals surface area contributed by atoms with Crippen LogP contribution in [0.1, 0.15) is 46.1 Å². The molecular formula is C19H18N2O6S. The van der Waals surface area contributed by atoms with E-state index in [9.17, 15) is 23.1 Å². The van der Waals surface area contributed by atoms with Gasteiger partial charge in [0.05, 0.1) is 22.6 Å². The Labute approximate surface area is 161 Å². The molecule has 0 spiro atoms. The first-order valence-corrected chi connectivity index (χ1v) is 10.3. The highest BCUT2D eigenvalue weighted by molar-refractivity contribution is 7.86. The van der Waals surface area contributed by atoms with Crippen molar-refractivity contribution in [1.82, 2.24) is 4.98 Å². The number of aromatic carboxylic acids is 1. The number of carbonyl (C=O) groups excluding carboxylic acids is 1. The lowest BCUT2D eigenvalue weighted by Crippen LogP contribution is -2.19. The second-order valence-corrected chi connectivity index (χ2v) is 8.24. The highest BCUT2D eigenvalue weighted by atomic mass is 32.2. The number of benzene rings is 1. The summed E-state index contributed by atoms with van der Waals surface area (Å²) in [5.41, 5.74) is 3.22. The molecule has 146 valence electrons. The van der Waals surface area contributed by atoms with E-state index in [2.05, 4.69) is 10.3 Å². The van der Waals surface area contributed by atoms with Crippen LogP contribution in [0.5, 0.6) is 0 Å². The van der Waals surface area contributed by atoms with Crippen LogP contribution in [0, 0.1) is 0 Å². The van der Waals surface area contributed by atoms with Gasteiger partial charge in [-0.2, -0.15) is 8.42 Å². The summed E-state index contributed by atoms with van der Waals surface area (Å²) in [5, 5.41) is 12.1. The Morgan fingerprint density at radius 2 is 2.14 bits per heavy atom. The zero-order valence-electron chi connectivity index (χ0n) is 15.0. The highest BCUT2D eigenvalue weighted by Crippen LogP contribution is 2.41. The van der Waals surface area contributed by atoms with Crippen molar-refractivity contribution in [2.75, 3.05) is 11.9 Å². The number of carbonyl (C=O) groups is 2. The summed E-state index contributed by atoms with van der Waals surface area (Å²) in [7, 11) is -3.85. The highest BCUT2D eigenvalue weighted by Gasteiger charge is 2.34. The molecule has 3 N–H and O–H groups in total. The van der Waals surface area contributed by atoms with E-state index in [1.54, 1.807) is 12.1 Å². The summed E-state index contributed by atoms with van der Waals surface area (Å²) in [4.78, 5) is 27.1. The third-order valence-electron chi connectivity index (χ3n) is 4.93. The molecule has 4 rings (SSSR count). The third-order valence-corrected chi connectivity index (χ3v) is 6.33. The fraction of sp³-hybridized carbons (Fsp3) is 0.263. The summed E-state index contributed by atoms with van der Waals surface area (Å²) in [6, 6.07) is 2.98. The lowest BCUT2D eigenvalue weighted by atomic mass is 9.96. The minimum Gasteiger partial charge on any atom is -0.478 e. The van der Waals surface area contributed by atoms with Gasteiger partial charge in [0.15, 0.2) is 0 Å². The molecule has 0 saturated heterocycles. The van der Waals surface area contributed by atoms with Gasteiger partial charge in [-0.1, -0.05) is 13.3 Å². The van der Waals surface area contributed by atoms with Gasteiger partial charge in [0.2, 0.25) is 0 Å². The SMILES string of the molecule is CCCc1c(C(=O)O)c[nH]c1/C=C1\C(=O)Nc2ccc3c(c21)CCOS3(=O)=O. The fourth-order valence-corrected chi connectivity index (χ4v) is 4.90. The molecule has 1 amide bonds. The minimum absolute atomic E-state index is 0.0139. The number of amides is 1. The van der Waals surface area contributed by atoms with Crippen LogP contribution in [-0.4, -0.2) is 37.0 Å². The van der Waals surface area contributed by atoms with E-state index in [-0.39, 0.29) is 23.0 Å². The molecule has 8 nitrogen and oxygen atoms in total. The number of hydrogen-bond acceptors (Lipinski definition) is 5. The average molecular weight is 402 g/mol. The first-order chi connectivity index (χ1) is 13.3. The summed E-state index contributed by atoms with van der Waals surface area (Å²) in [5.74, 6) is -1.40. The molecular weight excluding hydrogens is 384 g/mol. The Bertz CT molecular complexity index is 1140. The topological polar surface area (TPSA) is 126 Å². The van der Waals surface area contributed by atoms with Gasteiger partial charge < -0.3 is 15.4 Å². The summed E-state index contributed by atoms with van der Waals surface area (Å²) in [6.45, 7) is 1.95. The number of nitrogens with one attached hydrogen (secondary N) is 2. The Morgan fingerprint density at radius 3 is 2.86 bits per heavy atom. The van der Waals surface area contributed by atoms with Gasteiger partial charge in [0, 0.05) is 23.1 Å². The Morgan fingerprint density at radius 1 is 1.36 bits per heavy atom. The summed E-state index contributed by atoms with van der Waals surface area (Å²) < 4.78 is 29.3. The van der Waals surface area contributed by atoms with E-state index in [0.29, 0.717) is 46.5 Å². The van der Waals surface area contributed by atoms with E-state index in [0.717, 1.165) is 6.42 Å². The zero-order chi connectivity index (χ0) is 20.1. The van der Waals surface area contributed by atoms with Gasteiger partial charge in [0.1, 0.15) is 0 Å². The van der Waals surface area contributed by atoms with Crippen molar-refractivity contribution >= 4 is 39.3 Å². The van der Waals surface area contributed by atoms with E-state index in [1.807, 2.05) is 6.92 Å². The molecule has 0 saturated carbocycles. The molecule has 0 aliphatic carbocycles. The standard InChI is InChI=1S/C19H18N2O6S/c1-2-3-10-13(19(23)24)9-20-15(10)8-12-17-11-6-7-27-28(25,26)16(11)5-4-14(17)21-18(12)22/h4-5,8-9,20H,2-3,6-7H2,1H3,(H,21,22)(H,23,24)/b12-8-. The number of H-pyrrole nitrogens is 1.